The molecule has 0 saturated heterocycles. The minimum absolute atomic E-state index is 0.0351. The smallest absolute Gasteiger partial charge is 0.256 e. The van der Waals surface area contributed by atoms with Gasteiger partial charge in [0, 0.05) is 17.1 Å². The predicted octanol–water partition coefficient (Wildman–Crippen LogP) is 7.06. The molecule has 0 radical (unpaired) electrons. The van der Waals surface area contributed by atoms with Gasteiger partial charge >= 0.3 is 0 Å². The Morgan fingerprint density at radius 1 is 0.549 bits per heavy atom. The van der Waals surface area contributed by atoms with Crippen molar-refractivity contribution in [2.24, 2.45) is 0 Å². The zero-order valence-corrected chi connectivity index (χ0v) is 30.4. The Morgan fingerprint density at radius 3 is 1.90 bits per heavy atom. The number of hydrogen-bond acceptors (Lipinski definition) is 2. The number of benzene rings is 7. The number of para-hydroxylation sites is 1. The summed E-state index contributed by atoms with van der Waals surface area (Å²) in [7, 11) is -2.69. The van der Waals surface area contributed by atoms with Crippen LogP contribution in [0, 0.1) is 6.92 Å². The van der Waals surface area contributed by atoms with Crippen LogP contribution >= 0.6 is 0 Å². The van der Waals surface area contributed by atoms with E-state index in [-0.39, 0.29) is 12.1 Å². The maximum atomic E-state index is 6.77. The van der Waals surface area contributed by atoms with Crippen molar-refractivity contribution in [3.63, 3.8) is 0 Å². The van der Waals surface area contributed by atoms with Crippen LogP contribution in [-0.4, -0.2) is 14.8 Å². The molecule has 7 aromatic carbocycles. The van der Waals surface area contributed by atoms with Gasteiger partial charge in [-0.3, -0.25) is 0 Å². The lowest BCUT2D eigenvalue weighted by Crippen LogP contribution is -2.73. The molecule has 0 amide bonds. The number of nitrogens with zero attached hydrogens (tertiary/aromatic N) is 1. The molecular formula is C47H38BNOSi. The van der Waals surface area contributed by atoms with Crippen molar-refractivity contribution in [2.75, 3.05) is 4.90 Å². The molecule has 7 aromatic rings. The summed E-state index contributed by atoms with van der Waals surface area (Å²) in [4.78, 5) is 2.51. The highest BCUT2D eigenvalue weighted by Gasteiger charge is 2.51. The van der Waals surface area contributed by atoms with Gasteiger partial charge < -0.3 is 9.64 Å². The van der Waals surface area contributed by atoms with Gasteiger partial charge in [0.25, 0.3) is 6.71 Å². The Balaban J connectivity index is 1.33. The van der Waals surface area contributed by atoms with E-state index in [0.717, 1.165) is 17.2 Å². The first-order valence-corrected chi connectivity index (χ1v) is 20.1. The zero-order valence-electron chi connectivity index (χ0n) is 29.4. The van der Waals surface area contributed by atoms with Crippen molar-refractivity contribution in [1.29, 1.82) is 0 Å². The fourth-order valence-electron chi connectivity index (χ4n) is 9.15. The summed E-state index contributed by atoms with van der Waals surface area (Å²) in [5.74, 6) is 1.90. The van der Waals surface area contributed by atoms with Crippen molar-refractivity contribution in [3.05, 3.63) is 169 Å². The third kappa shape index (κ3) is 4.30. The van der Waals surface area contributed by atoms with Crippen LogP contribution in [0.15, 0.2) is 158 Å². The molecule has 0 fully saturated rings. The van der Waals surface area contributed by atoms with Crippen molar-refractivity contribution in [1.82, 2.24) is 0 Å². The van der Waals surface area contributed by atoms with Crippen molar-refractivity contribution < 1.29 is 4.74 Å². The number of fused-ring (bicyclic) bond motifs is 7. The van der Waals surface area contributed by atoms with E-state index in [1.54, 1.807) is 0 Å². The minimum atomic E-state index is -2.69. The first-order valence-electron chi connectivity index (χ1n) is 18.1. The minimum Gasteiger partial charge on any atom is -0.458 e. The predicted molar refractivity (Wildman–Crippen MR) is 218 cm³/mol. The molecule has 3 aliphatic heterocycles. The molecule has 0 saturated carbocycles. The second-order valence-corrected chi connectivity index (χ2v) is 19.1. The summed E-state index contributed by atoms with van der Waals surface area (Å²) >= 11 is 0. The van der Waals surface area contributed by atoms with Crippen molar-refractivity contribution in [3.8, 4) is 22.6 Å². The van der Waals surface area contributed by atoms with E-state index < -0.39 is 8.07 Å². The fourth-order valence-corrected chi connectivity index (χ4v) is 14.4. The normalized spacial score (nSPS) is 14.5. The van der Waals surface area contributed by atoms with Crippen LogP contribution in [0.3, 0.4) is 0 Å². The molecule has 0 spiro atoms. The van der Waals surface area contributed by atoms with Crippen molar-refractivity contribution in [2.45, 2.75) is 33.1 Å². The molecule has 0 aliphatic carbocycles. The van der Waals surface area contributed by atoms with Gasteiger partial charge in [0.2, 0.25) is 0 Å². The summed E-state index contributed by atoms with van der Waals surface area (Å²) in [5, 5.41) is 5.75. The summed E-state index contributed by atoms with van der Waals surface area (Å²) in [6.07, 6.45) is 0. The van der Waals surface area contributed by atoms with Crippen LogP contribution in [0.1, 0.15) is 31.9 Å². The molecule has 244 valence electrons. The van der Waals surface area contributed by atoms with Gasteiger partial charge in [0.15, 0.2) is 8.07 Å². The van der Waals surface area contributed by atoms with E-state index >= 15 is 0 Å². The largest absolute Gasteiger partial charge is 0.458 e. The highest BCUT2D eigenvalue weighted by Crippen LogP contribution is 2.43. The average Bonchev–Trinajstić information content (AvgIpc) is 3.44. The number of anilines is 3. The maximum absolute atomic E-state index is 6.77. The second-order valence-electron chi connectivity index (χ2n) is 15.4. The Labute approximate surface area is 302 Å². The molecule has 51 heavy (non-hydrogen) atoms. The highest BCUT2D eigenvalue weighted by atomic mass is 28.3. The van der Waals surface area contributed by atoms with E-state index in [0.29, 0.717) is 0 Å². The fraction of sp³-hybridized carbons (Fsp3) is 0.106. The summed E-state index contributed by atoms with van der Waals surface area (Å²) < 4.78 is 6.77. The lowest BCUT2D eigenvalue weighted by molar-refractivity contribution is 0.487. The lowest BCUT2D eigenvalue weighted by Gasteiger charge is -2.41. The number of aryl methyl sites for hydroxylation is 1. The Hall–Kier alpha value is -5.58. The average molecular weight is 672 g/mol. The monoisotopic (exact) mass is 671 g/mol. The molecule has 2 nitrogen and oxygen atoms in total. The van der Waals surface area contributed by atoms with Gasteiger partial charge in [-0.05, 0) is 108 Å². The second kappa shape index (κ2) is 11.0. The molecule has 4 heteroatoms. The molecule has 3 aliphatic rings. The van der Waals surface area contributed by atoms with Crippen LogP contribution in [0.4, 0.5) is 17.1 Å². The quantitative estimate of drug-likeness (QED) is 0.187. The maximum Gasteiger partial charge on any atom is 0.256 e. The number of ether oxygens (including phenoxy) is 1. The van der Waals surface area contributed by atoms with Crippen LogP contribution in [0.5, 0.6) is 11.5 Å². The Kier molecular flexibility index (Phi) is 6.50. The molecule has 0 N–H and O–H groups in total. The summed E-state index contributed by atoms with van der Waals surface area (Å²) in [5.41, 5.74) is 12.7. The Morgan fingerprint density at radius 2 is 1.20 bits per heavy atom. The number of hydrogen-bond donors (Lipinski definition) is 0. The first-order chi connectivity index (χ1) is 24.8. The lowest BCUT2D eigenvalue weighted by atomic mass is 9.34. The van der Waals surface area contributed by atoms with Gasteiger partial charge in [-0.15, -0.1) is 0 Å². The van der Waals surface area contributed by atoms with E-state index in [1.165, 1.54) is 70.8 Å². The molecule has 0 aromatic heterocycles. The van der Waals surface area contributed by atoms with Gasteiger partial charge in [-0.1, -0.05) is 142 Å². The SMILES string of the molecule is Cc1cc2c3c(c1)N(c1ccc(C(C)(C)C)cc1)c1cc4c(cc1B3c1ccccc1O2)[Si](c1ccccc1)(c1ccccc1)c1ccccc1-4. The Bertz CT molecular complexity index is 2460. The van der Waals surface area contributed by atoms with Crippen LogP contribution in [0.25, 0.3) is 11.1 Å². The number of rotatable bonds is 3. The van der Waals surface area contributed by atoms with Gasteiger partial charge in [-0.2, -0.15) is 0 Å². The van der Waals surface area contributed by atoms with Gasteiger partial charge in [-0.25, -0.2) is 0 Å². The first kappa shape index (κ1) is 30.3. The molecule has 10 rings (SSSR count). The van der Waals surface area contributed by atoms with E-state index in [4.69, 9.17) is 4.74 Å². The molecular weight excluding hydrogens is 633 g/mol. The highest BCUT2D eigenvalue weighted by molar-refractivity contribution is 7.22. The van der Waals surface area contributed by atoms with Crippen LogP contribution < -0.4 is 46.8 Å². The topological polar surface area (TPSA) is 12.5 Å². The summed E-state index contributed by atoms with van der Waals surface area (Å²) in [6.45, 7) is 9.07. The molecule has 0 bridgehead atoms. The third-order valence-electron chi connectivity index (χ3n) is 11.4. The van der Waals surface area contributed by atoms with E-state index in [1.807, 2.05) is 0 Å². The third-order valence-corrected chi connectivity index (χ3v) is 16.3. The zero-order chi connectivity index (χ0) is 34.5. The molecule has 3 heterocycles. The van der Waals surface area contributed by atoms with Crippen LogP contribution in [-0.2, 0) is 5.41 Å². The van der Waals surface area contributed by atoms with E-state index in [9.17, 15) is 0 Å². The van der Waals surface area contributed by atoms with Crippen LogP contribution in [0.2, 0.25) is 0 Å². The van der Waals surface area contributed by atoms with Gasteiger partial charge in [0.1, 0.15) is 11.5 Å². The standard InChI is InChI=1S/C47H38BNOSi/c1-31-27-41-46-43(28-31)50-42-21-13-12-20-38(42)48(46)39-30-45-37(29-40(39)49(41)33-25-23-32(24-26-33)47(2,3)4)36-19-11-14-22-44(36)51(45,34-15-7-5-8-16-34)35-17-9-6-10-18-35/h5-30H,1-4H3. The van der Waals surface area contributed by atoms with Gasteiger partial charge in [0.05, 0.1) is 0 Å². The van der Waals surface area contributed by atoms with Crippen molar-refractivity contribution >= 4 is 69.0 Å². The molecule has 0 atom stereocenters. The van der Waals surface area contributed by atoms with E-state index in [2.05, 4.69) is 190 Å². The summed E-state index contributed by atoms with van der Waals surface area (Å²) in [6, 6.07) is 59.5. The molecule has 0 unspecified atom stereocenters.